The molecule has 3 atom stereocenters. The van der Waals surface area contributed by atoms with E-state index in [-0.39, 0.29) is 12.3 Å². The summed E-state index contributed by atoms with van der Waals surface area (Å²) in [6, 6.07) is 6.91. The van der Waals surface area contributed by atoms with Crippen LogP contribution in [-0.4, -0.2) is 43.2 Å². The molecule has 1 amide bonds. The standard InChI is InChI=1S/C17H25ClN2O4S/c1-5-25(22,23)14-13(11-6-8-12(18)9-7-11)17(14,10-19)20-15(21)24-16(2,3)4/h6-9,13-14H,5,10,19H2,1-4H3,(H,20,21)/t13-,14+,17+/m0/s1. The molecule has 0 aliphatic heterocycles. The van der Waals surface area contributed by atoms with Crippen LogP contribution < -0.4 is 11.1 Å². The molecule has 140 valence electrons. The van der Waals surface area contributed by atoms with Gasteiger partial charge in [-0.1, -0.05) is 30.7 Å². The summed E-state index contributed by atoms with van der Waals surface area (Å²) in [5.74, 6) is -0.466. The van der Waals surface area contributed by atoms with E-state index >= 15 is 0 Å². The van der Waals surface area contributed by atoms with Crippen molar-refractivity contribution in [3.05, 3.63) is 34.9 Å². The highest BCUT2D eigenvalue weighted by Crippen LogP contribution is 2.55. The number of rotatable bonds is 5. The summed E-state index contributed by atoms with van der Waals surface area (Å²) in [6.45, 7) is 6.80. The van der Waals surface area contributed by atoms with Crippen LogP contribution in [0.15, 0.2) is 24.3 Å². The number of hydrogen-bond donors (Lipinski definition) is 2. The van der Waals surface area contributed by atoms with Gasteiger partial charge in [-0.05, 0) is 38.5 Å². The minimum atomic E-state index is -3.42. The minimum Gasteiger partial charge on any atom is -0.444 e. The summed E-state index contributed by atoms with van der Waals surface area (Å²) < 4.78 is 30.5. The van der Waals surface area contributed by atoms with Gasteiger partial charge in [0.05, 0.1) is 10.8 Å². The van der Waals surface area contributed by atoms with Crippen LogP contribution in [0.4, 0.5) is 4.79 Å². The molecule has 3 N–H and O–H groups in total. The van der Waals surface area contributed by atoms with E-state index in [2.05, 4.69) is 5.32 Å². The first kappa shape index (κ1) is 20.0. The van der Waals surface area contributed by atoms with Gasteiger partial charge in [-0.3, -0.25) is 0 Å². The lowest BCUT2D eigenvalue weighted by atomic mass is 10.1. The van der Waals surface area contributed by atoms with E-state index in [9.17, 15) is 13.2 Å². The number of sulfone groups is 1. The molecule has 0 radical (unpaired) electrons. The topological polar surface area (TPSA) is 98.5 Å². The number of nitrogens with one attached hydrogen (secondary N) is 1. The molecule has 0 heterocycles. The molecule has 1 fully saturated rings. The molecule has 1 aromatic carbocycles. The predicted octanol–water partition coefficient (Wildman–Crippen LogP) is 2.46. The van der Waals surface area contributed by atoms with E-state index in [0.29, 0.717) is 5.02 Å². The Hall–Kier alpha value is -1.31. The van der Waals surface area contributed by atoms with Gasteiger partial charge < -0.3 is 15.8 Å². The molecule has 1 aliphatic carbocycles. The van der Waals surface area contributed by atoms with E-state index < -0.39 is 38.2 Å². The average molecular weight is 389 g/mol. The summed E-state index contributed by atoms with van der Waals surface area (Å²) in [4.78, 5) is 12.3. The summed E-state index contributed by atoms with van der Waals surface area (Å²) in [7, 11) is -3.42. The molecule has 0 aromatic heterocycles. The first-order valence-corrected chi connectivity index (χ1v) is 10.2. The van der Waals surface area contributed by atoms with E-state index in [1.807, 2.05) is 0 Å². The van der Waals surface area contributed by atoms with Crippen LogP contribution in [0.3, 0.4) is 0 Å². The molecule has 1 saturated carbocycles. The number of carbonyl (C=O) groups is 1. The molecular formula is C17H25ClN2O4S. The normalized spacial score (nSPS) is 26.2. The van der Waals surface area contributed by atoms with Crippen LogP contribution in [0, 0.1) is 0 Å². The molecule has 1 aliphatic rings. The van der Waals surface area contributed by atoms with Gasteiger partial charge in [0.1, 0.15) is 5.60 Å². The quantitative estimate of drug-likeness (QED) is 0.807. The van der Waals surface area contributed by atoms with Crippen LogP contribution in [0.25, 0.3) is 0 Å². The number of halogens is 1. The van der Waals surface area contributed by atoms with Crippen LogP contribution in [0.1, 0.15) is 39.2 Å². The van der Waals surface area contributed by atoms with Crippen LogP contribution in [0.2, 0.25) is 5.02 Å². The van der Waals surface area contributed by atoms with Gasteiger partial charge in [0.15, 0.2) is 9.84 Å². The van der Waals surface area contributed by atoms with Crippen LogP contribution in [-0.2, 0) is 14.6 Å². The second-order valence-electron chi connectivity index (χ2n) is 7.27. The fourth-order valence-corrected chi connectivity index (χ4v) is 5.35. The lowest BCUT2D eigenvalue weighted by Gasteiger charge is -2.24. The highest BCUT2D eigenvalue weighted by Gasteiger charge is 2.71. The summed E-state index contributed by atoms with van der Waals surface area (Å²) >= 11 is 5.92. The van der Waals surface area contributed by atoms with E-state index in [1.54, 1.807) is 52.0 Å². The zero-order valence-electron chi connectivity index (χ0n) is 14.9. The van der Waals surface area contributed by atoms with Gasteiger partial charge in [-0.2, -0.15) is 0 Å². The first-order chi connectivity index (χ1) is 11.5. The lowest BCUT2D eigenvalue weighted by molar-refractivity contribution is 0.0497. The van der Waals surface area contributed by atoms with Crippen molar-refractivity contribution >= 4 is 27.5 Å². The zero-order valence-corrected chi connectivity index (χ0v) is 16.4. The Balaban J connectivity index is 2.38. The highest BCUT2D eigenvalue weighted by molar-refractivity contribution is 7.92. The van der Waals surface area contributed by atoms with Crippen molar-refractivity contribution in [2.75, 3.05) is 12.3 Å². The number of ether oxygens (including phenoxy) is 1. The number of alkyl carbamates (subject to hydrolysis) is 1. The molecule has 0 spiro atoms. The molecule has 8 heteroatoms. The van der Waals surface area contributed by atoms with Crippen molar-refractivity contribution in [3.8, 4) is 0 Å². The Kier molecular flexibility index (Phi) is 5.42. The lowest BCUT2D eigenvalue weighted by Crippen LogP contribution is -2.49. The third kappa shape index (κ3) is 4.10. The summed E-state index contributed by atoms with van der Waals surface area (Å²) in [5, 5.41) is 2.49. The molecule has 0 unspecified atom stereocenters. The summed E-state index contributed by atoms with van der Waals surface area (Å²) in [5.41, 5.74) is 4.92. The molecule has 0 bridgehead atoms. The Bertz CT molecular complexity index is 743. The van der Waals surface area contributed by atoms with Gasteiger partial charge >= 0.3 is 6.09 Å². The molecular weight excluding hydrogens is 364 g/mol. The monoisotopic (exact) mass is 388 g/mol. The number of benzene rings is 1. The Labute approximate surface area is 154 Å². The van der Waals surface area contributed by atoms with Crippen molar-refractivity contribution in [1.29, 1.82) is 0 Å². The number of hydrogen-bond acceptors (Lipinski definition) is 5. The SMILES string of the molecule is CCS(=O)(=O)[C@@H]1[C@H](c2ccc(Cl)cc2)[C@@]1(CN)NC(=O)OC(C)(C)C. The summed E-state index contributed by atoms with van der Waals surface area (Å²) in [6.07, 6.45) is -0.675. The van der Waals surface area contributed by atoms with Crippen LogP contribution >= 0.6 is 11.6 Å². The Morgan fingerprint density at radius 3 is 2.32 bits per heavy atom. The molecule has 2 rings (SSSR count). The third-order valence-corrected chi connectivity index (χ3v) is 6.87. The fourth-order valence-electron chi connectivity index (χ4n) is 3.19. The smallest absolute Gasteiger partial charge is 0.408 e. The average Bonchev–Trinajstić information content (AvgIpc) is 3.15. The number of carbonyl (C=O) groups excluding carboxylic acids is 1. The molecule has 1 aromatic rings. The highest BCUT2D eigenvalue weighted by atomic mass is 35.5. The van der Waals surface area contributed by atoms with Crippen molar-refractivity contribution in [2.24, 2.45) is 5.73 Å². The van der Waals surface area contributed by atoms with Crippen molar-refractivity contribution in [3.63, 3.8) is 0 Å². The third-order valence-electron chi connectivity index (χ3n) is 4.35. The second kappa shape index (κ2) is 6.78. The van der Waals surface area contributed by atoms with E-state index in [0.717, 1.165) is 5.56 Å². The van der Waals surface area contributed by atoms with Gasteiger partial charge in [-0.25, -0.2) is 13.2 Å². The van der Waals surface area contributed by atoms with Gasteiger partial charge in [0, 0.05) is 23.2 Å². The maximum atomic E-state index is 12.6. The number of nitrogens with two attached hydrogens (primary N) is 1. The fraction of sp³-hybridized carbons (Fsp3) is 0.588. The maximum Gasteiger partial charge on any atom is 0.408 e. The maximum absolute atomic E-state index is 12.6. The largest absolute Gasteiger partial charge is 0.444 e. The van der Waals surface area contributed by atoms with Crippen molar-refractivity contribution in [2.45, 2.75) is 50.0 Å². The molecule has 0 saturated heterocycles. The van der Waals surface area contributed by atoms with Gasteiger partial charge in [0.2, 0.25) is 0 Å². The Morgan fingerprint density at radius 2 is 1.88 bits per heavy atom. The second-order valence-corrected chi connectivity index (χ2v) is 10.1. The first-order valence-electron chi connectivity index (χ1n) is 8.15. The molecule has 25 heavy (non-hydrogen) atoms. The van der Waals surface area contributed by atoms with Crippen molar-refractivity contribution in [1.82, 2.24) is 5.32 Å². The Morgan fingerprint density at radius 1 is 1.32 bits per heavy atom. The van der Waals surface area contributed by atoms with E-state index in [4.69, 9.17) is 22.1 Å². The number of amides is 1. The van der Waals surface area contributed by atoms with E-state index in [1.165, 1.54) is 0 Å². The van der Waals surface area contributed by atoms with Gasteiger partial charge in [0.25, 0.3) is 0 Å². The van der Waals surface area contributed by atoms with Gasteiger partial charge in [-0.15, -0.1) is 0 Å². The van der Waals surface area contributed by atoms with Crippen LogP contribution in [0.5, 0.6) is 0 Å². The predicted molar refractivity (Wildman–Crippen MR) is 98.6 cm³/mol. The minimum absolute atomic E-state index is 0.0105. The zero-order chi connectivity index (χ0) is 19.0. The molecule has 6 nitrogen and oxygen atoms in total. The van der Waals surface area contributed by atoms with Crippen molar-refractivity contribution < 1.29 is 17.9 Å².